The van der Waals surface area contributed by atoms with E-state index in [0.717, 1.165) is 27.5 Å². The Balaban J connectivity index is 1.49. The second-order valence-electron chi connectivity index (χ2n) is 8.16. The Labute approximate surface area is 205 Å². The van der Waals surface area contributed by atoms with Crippen LogP contribution in [0, 0.1) is 0 Å². The van der Waals surface area contributed by atoms with Crippen LogP contribution in [-0.4, -0.2) is 14.1 Å². The third kappa shape index (κ3) is 5.28. The average molecular weight is 479 g/mol. The number of hydrogen-bond donors (Lipinski definition) is 1. The lowest BCUT2D eigenvalue weighted by Crippen LogP contribution is -2.38. The zero-order valence-electron chi connectivity index (χ0n) is 19.0. The molecule has 0 unspecified atom stereocenters. The molecule has 5 rings (SSSR count). The van der Waals surface area contributed by atoms with Crippen molar-refractivity contribution in [2.24, 2.45) is 5.10 Å². The Morgan fingerprint density at radius 1 is 0.686 bits per heavy atom. The van der Waals surface area contributed by atoms with Crippen LogP contribution in [0.5, 0.6) is 0 Å². The van der Waals surface area contributed by atoms with Crippen LogP contribution in [-0.2, 0) is 16.6 Å². The molecule has 1 heterocycles. The summed E-state index contributed by atoms with van der Waals surface area (Å²) in [6.45, 7) is 0.396. The summed E-state index contributed by atoms with van der Waals surface area (Å²) < 4.78 is 27.6. The average Bonchev–Trinajstić information content (AvgIpc) is 2.92. The zero-order chi connectivity index (χ0) is 24.1. The number of benzene rings is 4. The molecule has 0 spiro atoms. The molecule has 0 aliphatic carbocycles. The monoisotopic (exact) mass is 478 g/mol. The summed E-state index contributed by atoms with van der Waals surface area (Å²) in [6.07, 6.45) is 4.01. The predicted octanol–water partition coefficient (Wildman–Crippen LogP) is 5.18. The molecule has 35 heavy (non-hydrogen) atoms. The summed E-state index contributed by atoms with van der Waals surface area (Å²) >= 11 is 0. The summed E-state index contributed by atoms with van der Waals surface area (Å²) in [5, 5.41) is 6.61. The van der Waals surface area contributed by atoms with Gasteiger partial charge in [0.25, 0.3) is 10.0 Å². The minimum Gasteiger partial charge on any atom is -0.200 e. The number of hydrazone groups is 1. The molecule has 0 atom stereocenters. The van der Waals surface area contributed by atoms with Gasteiger partial charge in [0.1, 0.15) is 5.71 Å². The van der Waals surface area contributed by atoms with Crippen molar-refractivity contribution in [3.8, 4) is 11.1 Å². The highest BCUT2D eigenvalue weighted by atomic mass is 32.2. The highest BCUT2D eigenvalue weighted by molar-refractivity contribution is 7.89. The first-order chi connectivity index (χ1) is 17.1. The molecule has 0 aliphatic heterocycles. The molecule has 0 fully saturated rings. The summed E-state index contributed by atoms with van der Waals surface area (Å²) in [4.78, 5) is 2.59. The fourth-order valence-electron chi connectivity index (χ4n) is 3.89. The quantitative estimate of drug-likeness (QED) is 0.199. The van der Waals surface area contributed by atoms with Crippen molar-refractivity contribution in [2.75, 3.05) is 0 Å². The van der Waals surface area contributed by atoms with Crippen molar-refractivity contribution in [1.82, 2.24) is 4.83 Å². The molecule has 1 aromatic heterocycles. The number of sulfonamides is 1. The summed E-state index contributed by atoms with van der Waals surface area (Å²) in [7, 11) is -3.79. The van der Waals surface area contributed by atoms with E-state index in [-0.39, 0.29) is 4.90 Å². The number of hydrogen-bond acceptors (Lipinski definition) is 3. The van der Waals surface area contributed by atoms with Crippen LogP contribution in [0.1, 0.15) is 5.56 Å². The van der Waals surface area contributed by atoms with E-state index < -0.39 is 10.0 Å². The fourth-order valence-corrected chi connectivity index (χ4v) is 4.74. The fraction of sp³-hybridized carbons (Fsp3) is 0.0345. The Bertz CT molecular complexity index is 1580. The molecular weight excluding hydrogens is 454 g/mol. The lowest BCUT2D eigenvalue weighted by atomic mass is 10.0. The molecule has 5 nitrogen and oxygen atoms in total. The maximum atomic E-state index is 12.8. The zero-order valence-corrected chi connectivity index (χ0v) is 19.8. The van der Waals surface area contributed by atoms with E-state index in [1.54, 1.807) is 30.3 Å². The smallest absolute Gasteiger partial charge is 0.200 e. The van der Waals surface area contributed by atoms with E-state index in [9.17, 15) is 8.42 Å². The van der Waals surface area contributed by atoms with Crippen LogP contribution < -0.4 is 9.40 Å². The van der Waals surface area contributed by atoms with Crippen LogP contribution in [0.2, 0.25) is 0 Å². The molecule has 0 saturated heterocycles. The third-order valence-electron chi connectivity index (χ3n) is 5.76. The van der Waals surface area contributed by atoms with E-state index in [0.29, 0.717) is 12.3 Å². The van der Waals surface area contributed by atoms with Gasteiger partial charge in [-0.15, -0.1) is 0 Å². The van der Waals surface area contributed by atoms with E-state index in [4.69, 9.17) is 0 Å². The maximum Gasteiger partial charge on any atom is 0.276 e. The Morgan fingerprint density at radius 2 is 1.29 bits per heavy atom. The van der Waals surface area contributed by atoms with Gasteiger partial charge >= 0.3 is 0 Å². The lowest BCUT2D eigenvalue weighted by molar-refractivity contribution is -0.680. The standard InChI is InChI=1S/C29H24N3O2S/c33-35(34,28-13-5-2-6-14-28)31-30-29(22-32-20-19-24-11-7-8-12-27(24)21-32)26-17-15-25(16-18-26)23-9-3-1-4-10-23/h1-21,31H,22H2/q+1/b30-29-. The largest absolute Gasteiger partial charge is 0.276 e. The Kier molecular flexibility index (Phi) is 6.37. The number of fused-ring (bicyclic) bond motifs is 1. The van der Waals surface area contributed by atoms with Gasteiger partial charge in [0.2, 0.25) is 0 Å². The Morgan fingerprint density at radius 3 is 2.00 bits per heavy atom. The topological polar surface area (TPSA) is 62.4 Å². The van der Waals surface area contributed by atoms with Crippen LogP contribution >= 0.6 is 0 Å². The molecule has 5 aromatic rings. The van der Waals surface area contributed by atoms with Gasteiger partial charge in [-0.2, -0.15) is 22.9 Å². The molecular formula is C29H24N3O2S+. The van der Waals surface area contributed by atoms with Gasteiger partial charge in [0.05, 0.1) is 4.90 Å². The number of rotatable bonds is 7. The highest BCUT2D eigenvalue weighted by Gasteiger charge is 2.16. The molecule has 172 valence electrons. The minimum atomic E-state index is -3.79. The van der Waals surface area contributed by atoms with Crippen molar-refractivity contribution in [3.63, 3.8) is 0 Å². The van der Waals surface area contributed by atoms with Crippen molar-refractivity contribution in [3.05, 3.63) is 133 Å². The van der Waals surface area contributed by atoms with Crippen LogP contribution in [0.15, 0.2) is 138 Å². The van der Waals surface area contributed by atoms with E-state index in [2.05, 4.69) is 34.2 Å². The van der Waals surface area contributed by atoms with Crippen LogP contribution in [0.4, 0.5) is 0 Å². The number of nitrogens with one attached hydrogen (secondary N) is 1. The van der Waals surface area contributed by atoms with Crippen molar-refractivity contribution in [1.29, 1.82) is 0 Å². The molecule has 0 amide bonds. The normalized spacial score (nSPS) is 11.9. The van der Waals surface area contributed by atoms with E-state index in [1.165, 1.54) is 0 Å². The summed E-state index contributed by atoms with van der Waals surface area (Å²) in [5.41, 5.74) is 3.63. The summed E-state index contributed by atoms with van der Waals surface area (Å²) in [6, 6.07) is 36.5. The number of pyridine rings is 1. The second kappa shape index (κ2) is 9.91. The SMILES string of the molecule is O=S(=O)(N/N=C(/C[n+]1ccc2ccccc2c1)c1ccc(-c2ccccc2)cc1)c1ccccc1. The first-order valence-corrected chi connectivity index (χ1v) is 12.7. The molecule has 6 heteroatoms. The van der Waals surface area contributed by atoms with Gasteiger partial charge in [0, 0.05) is 17.0 Å². The first kappa shape index (κ1) is 22.5. The second-order valence-corrected chi connectivity index (χ2v) is 9.82. The van der Waals surface area contributed by atoms with Gasteiger partial charge in [-0.1, -0.05) is 91.0 Å². The third-order valence-corrected chi connectivity index (χ3v) is 6.98. The minimum absolute atomic E-state index is 0.167. The summed E-state index contributed by atoms with van der Waals surface area (Å²) in [5.74, 6) is 0. The highest BCUT2D eigenvalue weighted by Crippen LogP contribution is 2.20. The maximum absolute atomic E-state index is 12.8. The van der Waals surface area contributed by atoms with Crippen molar-refractivity contribution >= 4 is 26.5 Å². The molecule has 0 saturated carbocycles. The van der Waals surface area contributed by atoms with Gasteiger partial charge in [-0.3, -0.25) is 0 Å². The molecule has 0 radical (unpaired) electrons. The number of aromatic nitrogens is 1. The predicted molar refractivity (Wildman–Crippen MR) is 139 cm³/mol. The first-order valence-electron chi connectivity index (χ1n) is 11.3. The van der Waals surface area contributed by atoms with E-state index in [1.807, 2.05) is 77.6 Å². The van der Waals surface area contributed by atoms with Gasteiger partial charge in [0.15, 0.2) is 18.9 Å². The molecule has 1 N–H and O–H groups in total. The van der Waals surface area contributed by atoms with Crippen LogP contribution in [0.3, 0.4) is 0 Å². The van der Waals surface area contributed by atoms with Crippen molar-refractivity contribution in [2.45, 2.75) is 11.4 Å². The van der Waals surface area contributed by atoms with Gasteiger partial charge in [-0.25, -0.2) is 0 Å². The number of nitrogens with zero attached hydrogens (tertiary/aromatic N) is 2. The van der Waals surface area contributed by atoms with Gasteiger partial charge < -0.3 is 0 Å². The van der Waals surface area contributed by atoms with Crippen LogP contribution in [0.25, 0.3) is 21.9 Å². The molecule has 0 bridgehead atoms. The molecule has 4 aromatic carbocycles. The van der Waals surface area contributed by atoms with Crippen molar-refractivity contribution < 1.29 is 13.0 Å². The molecule has 0 aliphatic rings. The van der Waals surface area contributed by atoms with Gasteiger partial charge in [-0.05, 0) is 34.7 Å². The lowest BCUT2D eigenvalue weighted by Gasteiger charge is -2.09. The Hall–Kier alpha value is -4.29. The van der Waals surface area contributed by atoms with E-state index >= 15 is 0 Å².